The quantitative estimate of drug-likeness (QED) is 0.165. The van der Waals surface area contributed by atoms with Crippen LogP contribution in [0.4, 0.5) is 11.4 Å². The summed E-state index contributed by atoms with van der Waals surface area (Å²) in [5.41, 5.74) is 16.3. The first-order chi connectivity index (χ1) is 31.3. The smallest absolute Gasteiger partial charge is 0.193 e. The monoisotopic (exact) mass is 850 g/mol. The van der Waals surface area contributed by atoms with Crippen molar-refractivity contribution in [1.82, 2.24) is 0 Å². The third kappa shape index (κ3) is 8.26. The fourth-order valence-electron chi connectivity index (χ4n) is 8.32. The van der Waals surface area contributed by atoms with E-state index in [1.165, 1.54) is 0 Å². The predicted molar refractivity (Wildman–Crippen MR) is 257 cm³/mol. The van der Waals surface area contributed by atoms with Crippen LogP contribution < -0.4 is 31.6 Å². The van der Waals surface area contributed by atoms with Crippen LogP contribution in [-0.2, 0) is 0 Å². The van der Waals surface area contributed by atoms with Crippen LogP contribution in [-0.4, -0.2) is 17.0 Å². The molecule has 8 aromatic carbocycles. The molecule has 2 aliphatic carbocycles. The minimum absolute atomic E-state index is 0. The Morgan fingerprint density at radius 1 is 0.354 bits per heavy atom. The van der Waals surface area contributed by atoms with E-state index in [9.17, 15) is 19.8 Å². The Bertz CT molecular complexity index is 3140. The zero-order chi connectivity index (χ0) is 44.2. The Labute approximate surface area is 374 Å². The number of nitrogens with two attached hydrogens (primary N) is 2. The molecule has 0 saturated heterocycles. The maximum Gasteiger partial charge on any atom is 0.193 e. The molecule has 8 N–H and O–H groups in total. The van der Waals surface area contributed by atoms with Crippen LogP contribution in [0.25, 0.3) is 65.8 Å². The molecule has 9 nitrogen and oxygen atoms in total. The molecule has 0 amide bonds. The second-order valence-corrected chi connectivity index (χ2v) is 15.2. The minimum atomic E-state index is -0.179. The number of H-pyrrole nitrogens is 2. The molecule has 2 aliphatic rings. The van der Waals surface area contributed by atoms with Gasteiger partial charge in [0.05, 0.1) is 0 Å². The van der Waals surface area contributed by atoms with E-state index >= 15 is 0 Å². The van der Waals surface area contributed by atoms with Gasteiger partial charge in [-0.3, -0.25) is 9.59 Å². The first kappa shape index (κ1) is 42.8. The third-order valence-corrected chi connectivity index (χ3v) is 11.3. The van der Waals surface area contributed by atoms with E-state index in [4.69, 9.17) is 11.5 Å². The molecule has 0 fully saturated rings. The number of carbonyl (C=O) groups excluding carboxylic acids is 2. The van der Waals surface area contributed by atoms with Crippen molar-refractivity contribution in [3.63, 3.8) is 0 Å². The van der Waals surface area contributed by atoms with Gasteiger partial charge in [0.15, 0.2) is 36.4 Å². The highest BCUT2D eigenvalue weighted by Crippen LogP contribution is 2.43. The standard InChI is InChI=1S/2C23H14O2.2C5H6N2.H2O/c2*24-22-18-11-5-6-12-19(18)23(25)21(22)20-16-9-3-1-7-14(16)13-15-8-2-4-10-17(15)20;2*6-5-1-3-7-4-2-5;/h2*1-13,24H;2*1-4H,(H2,6,7);1H2. The second-order valence-electron chi connectivity index (χ2n) is 15.2. The second kappa shape index (κ2) is 18.6. The molecule has 65 heavy (non-hydrogen) atoms. The summed E-state index contributed by atoms with van der Waals surface area (Å²) in [7, 11) is 0. The van der Waals surface area contributed by atoms with Crippen molar-refractivity contribution >= 4 is 88.7 Å². The summed E-state index contributed by atoms with van der Waals surface area (Å²) < 4.78 is 0. The van der Waals surface area contributed by atoms with E-state index in [2.05, 4.69) is 22.1 Å². The molecule has 316 valence electrons. The molecule has 0 saturated carbocycles. The number of allylic oxidation sites excluding steroid dienone is 2. The third-order valence-electron chi connectivity index (χ3n) is 11.3. The van der Waals surface area contributed by atoms with E-state index < -0.39 is 0 Å². The summed E-state index contributed by atoms with van der Waals surface area (Å²) in [5, 5.41) is 33.9. The molecule has 2 aromatic heterocycles. The molecular formula is C56H42N4O5. The number of nitrogens with one attached hydrogen (secondary N) is 2. The van der Waals surface area contributed by atoms with Gasteiger partial charge in [0.2, 0.25) is 0 Å². The lowest BCUT2D eigenvalue weighted by atomic mass is 9.90. The normalized spacial score (nSPS) is 12.4. The minimum Gasteiger partial charge on any atom is -0.872 e. The zero-order valence-corrected chi connectivity index (χ0v) is 34.9. The van der Waals surface area contributed by atoms with Crippen LogP contribution >= 0.6 is 0 Å². The lowest BCUT2D eigenvalue weighted by molar-refractivity contribution is -0.378. The van der Waals surface area contributed by atoms with Gasteiger partial charge in [0.25, 0.3) is 0 Å². The van der Waals surface area contributed by atoms with Gasteiger partial charge in [-0.2, -0.15) is 0 Å². The SMILES string of the molecule is Nc1cc[nH+]cc1.Nc1cc[nH+]cc1.O.O=C1C(c2c3ccccc3cc3ccccc23)=C([O-])c2ccccc21.O=C1C(c2c3ccccc3cc3ccccc23)=C([O-])c2ccccc21. The molecule has 10 aromatic rings. The van der Waals surface area contributed by atoms with E-state index in [1.54, 1.807) is 97.6 Å². The summed E-state index contributed by atoms with van der Waals surface area (Å²) in [6, 6.07) is 57.2. The van der Waals surface area contributed by atoms with Crippen LogP contribution in [0.15, 0.2) is 207 Å². The average molecular weight is 851 g/mol. The van der Waals surface area contributed by atoms with E-state index in [0.717, 1.165) is 65.6 Å². The zero-order valence-electron chi connectivity index (χ0n) is 34.9. The molecular weight excluding hydrogens is 809 g/mol. The summed E-state index contributed by atoms with van der Waals surface area (Å²) in [5.74, 6) is -0.714. The topological polar surface area (TPSA) is 192 Å². The highest BCUT2D eigenvalue weighted by atomic mass is 16.3. The molecule has 0 aliphatic heterocycles. The van der Waals surface area contributed by atoms with Gasteiger partial charge < -0.3 is 27.2 Å². The van der Waals surface area contributed by atoms with Gasteiger partial charge in [-0.25, -0.2) is 9.97 Å². The van der Waals surface area contributed by atoms with Crippen LogP contribution in [0.3, 0.4) is 0 Å². The lowest BCUT2D eigenvalue weighted by Gasteiger charge is -2.16. The highest BCUT2D eigenvalue weighted by Gasteiger charge is 2.29. The largest absolute Gasteiger partial charge is 0.872 e. The molecule has 2 heterocycles. The van der Waals surface area contributed by atoms with Gasteiger partial charge in [0, 0.05) is 69.0 Å². The van der Waals surface area contributed by atoms with Gasteiger partial charge in [-0.1, -0.05) is 157 Å². The Morgan fingerprint density at radius 3 is 0.877 bits per heavy atom. The van der Waals surface area contributed by atoms with Gasteiger partial charge in [-0.05, 0) is 66.3 Å². The molecule has 0 radical (unpaired) electrons. The van der Waals surface area contributed by atoms with Crippen molar-refractivity contribution in [3.05, 3.63) is 240 Å². The Morgan fingerprint density at radius 2 is 0.615 bits per heavy atom. The van der Waals surface area contributed by atoms with E-state index in [0.29, 0.717) is 22.3 Å². The van der Waals surface area contributed by atoms with E-state index in [1.807, 2.05) is 97.1 Å². The Balaban J connectivity index is 0.000000135. The van der Waals surface area contributed by atoms with Gasteiger partial charge in [-0.15, -0.1) is 0 Å². The van der Waals surface area contributed by atoms with Gasteiger partial charge >= 0.3 is 0 Å². The van der Waals surface area contributed by atoms with E-state index in [-0.39, 0.29) is 39.7 Å². The van der Waals surface area contributed by atoms with Crippen molar-refractivity contribution in [2.75, 3.05) is 11.5 Å². The molecule has 0 bridgehead atoms. The summed E-state index contributed by atoms with van der Waals surface area (Å²) in [4.78, 5) is 31.8. The Hall–Kier alpha value is -8.92. The predicted octanol–water partition coefficient (Wildman–Crippen LogP) is 8.18. The van der Waals surface area contributed by atoms with Crippen LogP contribution in [0.1, 0.15) is 43.0 Å². The van der Waals surface area contributed by atoms with Crippen molar-refractivity contribution in [2.24, 2.45) is 0 Å². The number of hydrogen-bond acceptors (Lipinski definition) is 6. The molecule has 0 spiro atoms. The van der Waals surface area contributed by atoms with Crippen molar-refractivity contribution in [3.8, 4) is 0 Å². The summed E-state index contributed by atoms with van der Waals surface area (Å²) in [6.45, 7) is 0. The van der Waals surface area contributed by atoms with Crippen LogP contribution in [0, 0.1) is 0 Å². The number of nitrogen functional groups attached to an aromatic ring is 2. The number of hydrogen-bond donors (Lipinski definition) is 2. The van der Waals surface area contributed by atoms with Crippen LogP contribution in [0.2, 0.25) is 0 Å². The maximum atomic E-state index is 13.0. The number of fused-ring (bicyclic) bond motifs is 6. The maximum absolute atomic E-state index is 13.0. The van der Waals surface area contributed by atoms with Crippen molar-refractivity contribution < 1.29 is 35.2 Å². The number of aromatic nitrogens is 2. The molecule has 0 unspecified atom stereocenters. The number of pyridine rings is 2. The molecule has 9 heteroatoms. The Kier molecular flexibility index (Phi) is 12.2. The molecule has 12 rings (SSSR count). The summed E-state index contributed by atoms with van der Waals surface area (Å²) >= 11 is 0. The van der Waals surface area contributed by atoms with Gasteiger partial charge in [0.1, 0.15) is 0 Å². The first-order valence-corrected chi connectivity index (χ1v) is 20.7. The number of Topliss-reactive ketones (excluding diaryl/α,β-unsaturated/α-hetero) is 2. The van der Waals surface area contributed by atoms with Crippen molar-refractivity contribution in [1.29, 1.82) is 0 Å². The van der Waals surface area contributed by atoms with Crippen molar-refractivity contribution in [2.45, 2.75) is 0 Å². The fraction of sp³-hybridized carbons (Fsp3) is 0. The summed E-state index contributed by atoms with van der Waals surface area (Å²) in [6.07, 6.45) is 7.15. The number of benzene rings is 8. The highest BCUT2D eigenvalue weighted by molar-refractivity contribution is 6.43. The number of ketones is 2. The number of rotatable bonds is 2. The van der Waals surface area contributed by atoms with Crippen LogP contribution in [0.5, 0.6) is 0 Å². The first-order valence-electron chi connectivity index (χ1n) is 20.7. The number of aromatic amines is 2. The number of carbonyl (C=O) groups is 2. The lowest BCUT2D eigenvalue weighted by Crippen LogP contribution is -2.04. The fourth-order valence-corrected chi connectivity index (χ4v) is 8.32. The number of anilines is 2. The average Bonchev–Trinajstić information content (AvgIpc) is 3.74. The molecule has 0 atom stereocenters.